The molecule has 46 valence electrons. The fraction of sp³-hybridized carbons (Fsp3) is 0. The lowest BCUT2D eigenvalue weighted by molar-refractivity contribution is 0.735. The van der Waals surface area contributed by atoms with Crippen molar-refractivity contribution < 1.29 is 0 Å². The van der Waals surface area contributed by atoms with Crippen LogP contribution in [-0.2, 0) is 0 Å². The van der Waals surface area contributed by atoms with Crippen molar-refractivity contribution in [3.8, 4) is 0 Å². The van der Waals surface area contributed by atoms with Gasteiger partial charge in [-0.25, -0.2) is 0 Å². The highest BCUT2D eigenvalue weighted by molar-refractivity contribution is 4.77. The van der Waals surface area contributed by atoms with Gasteiger partial charge in [-0.15, -0.1) is 5.10 Å². The third-order valence-electron chi connectivity index (χ3n) is 0.623. The summed E-state index contributed by atoms with van der Waals surface area (Å²) in [5, 5.41) is 16.0. The Kier molecular flexibility index (Phi) is 2.17. The topological polar surface area (TPSA) is 67.3 Å². The molecule has 0 radical (unpaired) electrons. The number of aromatic amines is 1. The van der Waals surface area contributed by atoms with Gasteiger partial charge in [0.2, 0.25) is 0 Å². The predicted molar refractivity (Wildman–Crippen MR) is 29.6 cm³/mol. The molecule has 0 atom stereocenters. The number of aromatic nitrogens is 5. The molecule has 0 aliphatic heterocycles. The summed E-state index contributed by atoms with van der Waals surface area (Å²) in [6, 6.07) is 3.42. The quantitative estimate of drug-likeness (QED) is 0.515. The average Bonchev–Trinajstić information content (AvgIpc) is 2.00. The van der Waals surface area contributed by atoms with Crippen LogP contribution in [0.1, 0.15) is 0 Å². The van der Waals surface area contributed by atoms with Gasteiger partial charge < -0.3 is 0 Å². The molecule has 1 rings (SSSR count). The first-order valence-electron chi connectivity index (χ1n) is 2.36. The maximum Gasteiger partial charge on any atom is 0.0515 e. The van der Waals surface area contributed by atoms with E-state index in [-0.39, 0.29) is 0 Å². The second-order valence-electron chi connectivity index (χ2n) is 1.22. The smallest absolute Gasteiger partial charge is 0.0515 e. The molecule has 0 saturated heterocycles. The fourth-order valence-corrected chi connectivity index (χ4v) is 0.316. The molecule has 0 spiro atoms. The minimum atomic E-state index is 1.52. The van der Waals surface area contributed by atoms with Gasteiger partial charge in [-0.2, -0.15) is 10.3 Å². The highest BCUT2D eigenvalue weighted by Crippen LogP contribution is 1.64. The van der Waals surface area contributed by atoms with Crippen LogP contribution in [0.3, 0.4) is 0 Å². The first-order chi connectivity index (χ1) is 4.50. The summed E-state index contributed by atoms with van der Waals surface area (Å²) in [6.45, 7) is 0. The molecule has 5 heteroatoms. The molecule has 0 aliphatic rings. The van der Waals surface area contributed by atoms with E-state index in [2.05, 4.69) is 25.8 Å². The Morgan fingerprint density at radius 1 is 1.11 bits per heavy atom. The number of hydrogen-bond donors (Lipinski definition) is 1. The Morgan fingerprint density at radius 2 is 2.00 bits per heavy atom. The monoisotopic (exact) mass is 123 g/mol. The van der Waals surface area contributed by atoms with Crippen LogP contribution in [0.4, 0.5) is 0 Å². The van der Waals surface area contributed by atoms with E-state index in [4.69, 9.17) is 0 Å². The van der Waals surface area contributed by atoms with Crippen LogP contribution < -0.4 is 0 Å². The van der Waals surface area contributed by atoms with E-state index in [0.29, 0.717) is 0 Å². The molecule has 0 aromatic carbocycles. The fourth-order valence-electron chi connectivity index (χ4n) is 0.316. The number of nitrogens with one attached hydrogen (secondary N) is 1. The van der Waals surface area contributed by atoms with Crippen molar-refractivity contribution in [2.45, 2.75) is 0 Å². The summed E-state index contributed by atoms with van der Waals surface area (Å²) >= 11 is 0. The Morgan fingerprint density at radius 3 is 3.00 bits per heavy atom. The Labute approximate surface area is 51.4 Å². The normalized spacial score (nSPS) is 8.00. The van der Waals surface area contributed by atoms with Crippen molar-refractivity contribution >= 4 is 0 Å². The van der Waals surface area contributed by atoms with Gasteiger partial charge in [-0.05, 0) is 22.6 Å². The zero-order chi connectivity index (χ0) is 6.36. The maximum atomic E-state index is 3.59. The number of hydrogen-bond acceptors (Lipinski definition) is 4. The van der Waals surface area contributed by atoms with Crippen LogP contribution in [-0.4, -0.2) is 25.8 Å². The van der Waals surface area contributed by atoms with Crippen molar-refractivity contribution in [3.63, 3.8) is 0 Å². The van der Waals surface area contributed by atoms with Crippen molar-refractivity contribution in [1.82, 2.24) is 25.8 Å². The zero-order valence-electron chi connectivity index (χ0n) is 4.60. The molecule has 0 bridgehead atoms. The molecule has 0 amide bonds. The van der Waals surface area contributed by atoms with Crippen LogP contribution in [0, 0.1) is 0 Å². The van der Waals surface area contributed by atoms with Gasteiger partial charge in [-0.3, -0.25) is 0 Å². The molecule has 0 fully saturated rings. The summed E-state index contributed by atoms with van der Waals surface area (Å²) < 4.78 is 0. The van der Waals surface area contributed by atoms with Gasteiger partial charge in [0.05, 0.1) is 6.20 Å². The van der Waals surface area contributed by atoms with E-state index in [0.717, 1.165) is 0 Å². The lowest BCUT2D eigenvalue weighted by Crippen LogP contribution is -1.82. The van der Waals surface area contributed by atoms with Crippen LogP contribution in [0.5, 0.6) is 0 Å². The van der Waals surface area contributed by atoms with Gasteiger partial charge in [0.1, 0.15) is 0 Å². The molecule has 5 nitrogen and oxygen atoms in total. The van der Waals surface area contributed by atoms with Crippen molar-refractivity contribution in [1.29, 1.82) is 0 Å². The summed E-state index contributed by atoms with van der Waals surface area (Å²) in [5.41, 5.74) is 0. The molecular weight excluding hydrogens is 118 g/mol. The SMILES string of the molecule is c1ccn[nH]nnnc1. The van der Waals surface area contributed by atoms with Gasteiger partial charge in [-0.1, -0.05) is 0 Å². The Balaban J connectivity index is 3.04. The molecule has 1 aromatic rings. The van der Waals surface area contributed by atoms with E-state index in [1.54, 1.807) is 18.3 Å². The van der Waals surface area contributed by atoms with Gasteiger partial charge >= 0.3 is 0 Å². The molecule has 1 aromatic heterocycles. The standard InChI is InChI=1S/C4H5N5/c1-2-4-6-8-9-7-5-3-1/h1-4H,(H,7,8). The van der Waals surface area contributed by atoms with Gasteiger partial charge in [0, 0.05) is 6.20 Å². The van der Waals surface area contributed by atoms with Crippen molar-refractivity contribution in [3.05, 3.63) is 24.5 Å². The highest BCUT2D eigenvalue weighted by atomic mass is 15.5. The third-order valence-corrected chi connectivity index (χ3v) is 0.623. The lowest BCUT2D eigenvalue weighted by atomic mass is 10.6. The molecule has 0 aliphatic carbocycles. The Bertz CT molecular complexity index is 131. The number of nitrogens with zero attached hydrogens (tertiary/aromatic N) is 4. The second-order valence-corrected chi connectivity index (χ2v) is 1.22. The van der Waals surface area contributed by atoms with Gasteiger partial charge in [0.15, 0.2) is 0 Å². The Hall–Kier alpha value is -1.52. The molecule has 1 heterocycles. The maximum absolute atomic E-state index is 3.59. The minimum absolute atomic E-state index is 1.52. The first-order valence-corrected chi connectivity index (χ1v) is 2.36. The molecular formula is C4H5N5. The van der Waals surface area contributed by atoms with Crippen LogP contribution in [0.25, 0.3) is 0 Å². The number of H-pyrrole nitrogens is 1. The minimum Gasteiger partial charge on any atom is -0.178 e. The van der Waals surface area contributed by atoms with E-state index in [9.17, 15) is 0 Å². The van der Waals surface area contributed by atoms with Crippen LogP contribution in [0.2, 0.25) is 0 Å². The van der Waals surface area contributed by atoms with Gasteiger partial charge in [0.25, 0.3) is 0 Å². The van der Waals surface area contributed by atoms with E-state index < -0.39 is 0 Å². The molecule has 1 N–H and O–H groups in total. The van der Waals surface area contributed by atoms with Crippen molar-refractivity contribution in [2.75, 3.05) is 0 Å². The average molecular weight is 123 g/mol. The number of rotatable bonds is 0. The van der Waals surface area contributed by atoms with E-state index in [1.807, 2.05) is 0 Å². The lowest BCUT2D eigenvalue weighted by Gasteiger charge is -1.62. The third kappa shape index (κ3) is 2.32. The predicted octanol–water partition coefficient (Wildman–Crippen LogP) is -0.281. The first kappa shape index (κ1) is 5.61. The summed E-state index contributed by atoms with van der Waals surface area (Å²) in [5.74, 6) is 0. The second kappa shape index (κ2) is 3.48. The molecule has 0 saturated carbocycles. The van der Waals surface area contributed by atoms with E-state index >= 15 is 0 Å². The van der Waals surface area contributed by atoms with E-state index in [1.165, 1.54) is 6.20 Å². The summed E-state index contributed by atoms with van der Waals surface area (Å²) in [6.07, 6.45) is 3.07. The molecule has 9 heavy (non-hydrogen) atoms. The van der Waals surface area contributed by atoms with Crippen LogP contribution >= 0.6 is 0 Å². The van der Waals surface area contributed by atoms with Crippen molar-refractivity contribution in [2.24, 2.45) is 0 Å². The summed E-state index contributed by atoms with van der Waals surface area (Å²) in [7, 11) is 0. The highest BCUT2D eigenvalue weighted by Gasteiger charge is 1.59. The largest absolute Gasteiger partial charge is 0.178 e. The summed E-state index contributed by atoms with van der Waals surface area (Å²) in [4.78, 5) is 0. The van der Waals surface area contributed by atoms with Crippen LogP contribution in [0.15, 0.2) is 24.5 Å². The zero-order valence-corrected chi connectivity index (χ0v) is 4.60. The molecule has 0 unspecified atom stereocenters.